The number of methoxy groups -OCH3 is 1. The summed E-state index contributed by atoms with van der Waals surface area (Å²) in [7, 11) is 1.69. The number of halogens is 1. The van der Waals surface area contributed by atoms with Crippen LogP contribution in [0.5, 0.6) is 5.75 Å². The van der Waals surface area contributed by atoms with E-state index in [1.165, 1.54) is 0 Å². The summed E-state index contributed by atoms with van der Waals surface area (Å²) in [5, 5.41) is 4.08. The van der Waals surface area contributed by atoms with Crippen LogP contribution in [0.2, 0.25) is 5.02 Å². The highest BCUT2D eigenvalue weighted by Gasteiger charge is 2.09. The normalized spacial score (nSPS) is 12.4. The third-order valence-corrected chi connectivity index (χ3v) is 3.04. The molecular formula is C14H22ClNO2. The third kappa shape index (κ3) is 4.84. The molecule has 1 aromatic carbocycles. The fourth-order valence-electron chi connectivity index (χ4n) is 1.76. The lowest BCUT2D eigenvalue weighted by Crippen LogP contribution is -2.18. The molecular weight excluding hydrogens is 250 g/mol. The Labute approximate surface area is 114 Å². The lowest BCUT2D eigenvalue weighted by molar-refractivity contribution is 0.172. The van der Waals surface area contributed by atoms with Crippen molar-refractivity contribution in [2.75, 3.05) is 26.9 Å². The van der Waals surface area contributed by atoms with Crippen LogP contribution in [0.3, 0.4) is 0 Å². The molecule has 1 rings (SSSR count). The smallest absolute Gasteiger partial charge is 0.120 e. The van der Waals surface area contributed by atoms with Gasteiger partial charge in [-0.05, 0) is 31.2 Å². The average Bonchev–Trinajstić information content (AvgIpc) is 2.35. The highest BCUT2D eigenvalue weighted by atomic mass is 35.5. The number of ether oxygens (including phenoxy) is 2. The number of nitrogens with one attached hydrogen (secondary N) is 1. The lowest BCUT2D eigenvalue weighted by atomic mass is 10.1. The molecule has 18 heavy (non-hydrogen) atoms. The van der Waals surface area contributed by atoms with E-state index in [0.29, 0.717) is 13.2 Å². The van der Waals surface area contributed by atoms with Gasteiger partial charge in [0, 0.05) is 31.2 Å². The van der Waals surface area contributed by atoms with Crippen molar-refractivity contribution in [3.05, 3.63) is 28.8 Å². The van der Waals surface area contributed by atoms with E-state index in [0.717, 1.165) is 29.3 Å². The maximum Gasteiger partial charge on any atom is 0.120 e. The van der Waals surface area contributed by atoms with E-state index < -0.39 is 0 Å². The Morgan fingerprint density at radius 3 is 2.72 bits per heavy atom. The summed E-state index contributed by atoms with van der Waals surface area (Å²) in [6.45, 7) is 6.46. The minimum atomic E-state index is 0.255. The fraction of sp³-hybridized carbons (Fsp3) is 0.571. The number of benzene rings is 1. The first kappa shape index (κ1) is 15.3. The summed E-state index contributed by atoms with van der Waals surface area (Å²) in [4.78, 5) is 0. The molecule has 0 aliphatic rings. The van der Waals surface area contributed by atoms with Crippen LogP contribution in [0.1, 0.15) is 31.9 Å². The predicted molar refractivity (Wildman–Crippen MR) is 75.5 cm³/mol. The van der Waals surface area contributed by atoms with Gasteiger partial charge in [-0.15, -0.1) is 0 Å². The van der Waals surface area contributed by atoms with Crippen molar-refractivity contribution in [3.8, 4) is 5.75 Å². The van der Waals surface area contributed by atoms with Gasteiger partial charge in [-0.1, -0.05) is 24.6 Å². The standard InChI is InChI=1S/C14H22ClNO2/c1-4-16-11(2)13-7-6-12(10-14(13)15)18-9-5-8-17-3/h6-7,10-11,16H,4-5,8-9H2,1-3H3. The quantitative estimate of drug-likeness (QED) is 0.735. The van der Waals surface area contributed by atoms with Gasteiger partial charge in [0.2, 0.25) is 0 Å². The molecule has 0 saturated heterocycles. The van der Waals surface area contributed by atoms with Crippen LogP contribution >= 0.6 is 11.6 Å². The van der Waals surface area contributed by atoms with Crippen LogP contribution in [0.25, 0.3) is 0 Å². The topological polar surface area (TPSA) is 30.5 Å². The molecule has 1 N–H and O–H groups in total. The largest absolute Gasteiger partial charge is 0.493 e. The Morgan fingerprint density at radius 2 is 2.11 bits per heavy atom. The van der Waals surface area contributed by atoms with Crippen molar-refractivity contribution in [1.29, 1.82) is 0 Å². The molecule has 1 atom stereocenters. The zero-order chi connectivity index (χ0) is 13.4. The van der Waals surface area contributed by atoms with E-state index in [4.69, 9.17) is 21.1 Å². The molecule has 0 aliphatic heterocycles. The zero-order valence-electron chi connectivity index (χ0n) is 11.3. The summed E-state index contributed by atoms with van der Waals surface area (Å²) in [6, 6.07) is 6.10. The summed E-state index contributed by atoms with van der Waals surface area (Å²) >= 11 is 6.26. The monoisotopic (exact) mass is 271 g/mol. The highest BCUT2D eigenvalue weighted by molar-refractivity contribution is 6.31. The van der Waals surface area contributed by atoms with Crippen LogP contribution in [-0.4, -0.2) is 26.9 Å². The second-order valence-electron chi connectivity index (χ2n) is 4.16. The van der Waals surface area contributed by atoms with Crippen molar-refractivity contribution in [2.45, 2.75) is 26.3 Å². The van der Waals surface area contributed by atoms with Crippen LogP contribution in [-0.2, 0) is 4.74 Å². The van der Waals surface area contributed by atoms with Gasteiger partial charge >= 0.3 is 0 Å². The maximum absolute atomic E-state index is 6.26. The van der Waals surface area contributed by atoms with Crippen LogP contribution in [0, 0.1) is 0 Å². The van der Waals surface area contributed by atoms with Gasteiger partial charge in [-0.25, -0.2) is 0 Å². The Kier molecular flexibility index (Phi) is 7.09. The highest BCUT2D eigenvalue weighted by Crippen LogP contribution is 2.27. The Morgan fingerprint density at radius 1 is 1.33 bits per heavy atom. The van der Waals surface area contributed by atoms with Crippen molar-refractivity contribution in [2.24, 2.45) is 0 Å². The minimum absolute atomic E-state index is 0.255. The molecule has 0 spiro atoms. The summed E-state index contributed by atoms with van der Waals surface area (Å²) in [6.07, 6.45) is 0.879. The van der Waals surface area contributed by atoms with E-state index in [-0.39, 0.29) is 6.04 Å². The van der Waals surface area contributed by atoms with Gasteiger partial charge in [-0.2, -0.15) is 0 Å². The first-order valence-electron chi connectivity index (χ1n) is 6.33. The Bertz CT molecular complexity index is 358. The fourth-order valence-corrected chi connectivity index (χ4v) is 2.09. The average molecular weight is 272 g/mol. The van der Waals surface area contributed by atoms with Crippen molar-refractivity contribution in [1.82, 2.24) is 5.32 Å². The summed E-state index contributed by atoms with van der Waals surface area (Å²) < 4.78 is 10.6. The van der Waals surface area contributed by atoms with Crippen LogP contribution in [0.4, 0.5) is 0 Å². The molecule has 0 amide bonds. The molecule has 0 bridgehead atoms. The van der Waals surface area contributed by atoms with Gasteiger partial charge in [0.15, 0.2) is 0 Å². The van der Waals surface area contributed by atoms with Gasteiger partial charge in [0.25, 0.3) is 0 Å². The zero-order valence-corrected chi connectivity index (χ0v) is 12.1. The number of hydrogen-bond acceptors (Lipinski definition) is 3. The Balaban J connectivity index is 2.56. The van der Waals surface area contributed by atoms with E-state index >= 15 is 0 Å². The molecule has 4 heteroatoms. The van der Waals surface area contributed by atoms with Crippen molar-refractivity contribution in [3.63, 3.8) is 0 Å². The number of rotatable bonds is 8. The second kappa shape index (κ2) is 8.35. The van der Waals surface area contributed by atoms with E-state index in [1.54, 1.807) is 7.11 Å². The van der Waals surface area contributed by atoms with Crippen LogP contribution < -0.4 is 10.1 Å². The van der Waals surface area contributed by atoms with Gasteiger partial charge in [0.1, 0.15) is 5.75 Å². The van der Waals surface area contributed by atoms with Gasteiger partial charge in [-0.3, -0.25) is 0 Å². The van der Waals surface area contributed by atoms with E-state index in [2.05, 4.69) is 19.2 Å². The van der Waals surface area contributed by atoms with Gasteiger partial charge in [0.05, 0.1) is 6.61 Å². The molecule has 1 unspecified atom stereocenters. The predicted octanol–water partition coefficient (Wildman–Crippen LogP) is 3.43. The maximum atomic E-state index is 6.26. The minimum Gasteiger partial charge on any atom is -0.493 e. The van der Waals surface area contributed by atoms with Crippen molar-refractivity contribution >= 4 is 11.6 Å². The molecule has 0 heterocycles. The molecule has 3 nitrogen and oxygen atoms in total. The van der Waals surface area contributed by atoms with Gasteiger partial charge < -0.3 is 14.8 Å². The Hall–Kier alpha value is -0.770. The first-order chi connectivity index (χ1) is 8.69. The summed E-state index contributed by atoms with van der Waals surface area (Å²) in [5.74, 6) is 0.809. The second-order valence-corrected chi connectivity index (χ2v) is 4.56. The summed E-state index contributed by atoms with van der Waals surface area (Å²) in [5.41, 5.74) is 1.10. The lowest BCUT2D eigenvalue weighted by Gasteiger charge is -2.15. The third-order valence-electron chi connectivity index (χ3n) is 2.71. The first-order valence-corrected chi connectivity index (χ1v) is 6.71. The molecule has 0 aromatic heterocycles. The molecule has 0 saturated carbocycles. The molecule has 0 fully saturated rings. The van der Waals surface area contributed by atoms with E-state index in [1.807, 2.05) is 18.2 Å². The van der Waals surface area contributed by atoms with E-state index in [9.17, 15) is 0 Å². The molecule has 0 aliphatic carbocycles. The SMILES string of the molecule is CCNC(C)c1ccc(OCCCOC)cc1Cl. The molecule has 1 aromatic rings. The van der Waals surface area contributed by atoms with Crippen molar-refractivity contribution < 1.29 is 9.47 Å². The van der Waals surface area contributed by atoms with Crippen LogP contribution in [0.15, 0.2) is 18.2 Å². The number of hydrogen-bond donors (Lipinski definition) is 1. The molecule has 0 radical (unpaired) electrons. The molecule has 102 valence electrons.